The van der Waals surface area contributed by atoms with Gasteiger partial charge < -0.3 is 15.4 Å². The van der Waals surface area contributed by atoms with Crippen LogP contribution in [0.4, 0.5) is 10.5 Å². The molecule has 0 aliphatic rings. The first-order chi connectivity index (χ1) is 9.69. The Balaban J connectivity index is 1.82. The van der Waals surface area contributed by atoms with E-state index >= 15 is 0 Å². The lowest BCUT2D eigenvalue weighted by molar-refractivity contribution is 0.252. The monoisotopic (exact) mass is 290 g/mol. The summed E-state index contributed by atoms with van der Waals surface area (Å²) in [6.45, 7) is 2.56. The fourth-order valence-electron chi connectivity index (χ4n) is 1.82. The summed E-state index contributed by atoms with van der Waals surface area (Å²) in [4.78, 5) is 13.1. The smallest absolute Gasteiger partial charge is 0.319 e. The minimum Gasteiger partial charge on any atom is -0.497 e. The van der Waals surface area contributed by atoms with Crippen LogP contribution in [0.25, 0.3) is 0 Å². The quantitative estimate of drug-likeness (QED) is 0.886. The Hall–Kier alpha value is -2.01. The Kier molecular flexibility index (Phi) is 5.01. The first-order valence-corrected chi connectivity index (χ1v) is 7.29. The zero-order valence-corrected chi connectivity index (χ0v) is 12.4. The molecular formula is C15H18N2O2S. The SMILES string of the molecule is COc1ccc(NC(=O)NCCc2cccs2)c(C)c1. The number of carbonyl (C=O) groups excluding carboxylic acids is 1. The molecule has 0 unspecified atom stereocenters. The summed E-state index contributed by atoms with van der Waals surface area (Å²) in [5.74, 6) is 0.783. The average Bonchev–Trinajstić information content (AvgIpc) is 2.94. The molecule has 0 saturated heterocycles. The van der Waals surface area contributed by atoms with E-state index in [1.165, 1.54) is 4.88 Å². The molecule has 0 spiro atoms. The van der Waals surface area contributed by atoms with Crippen LogP contribution in [0, 0.1) is 6.92 Å². The van der Waals surface area contributed by atoms with E-state index in [2.05, 4.69) is 16.7 Å². The van der Waals surface area contributed by atoms with Gasteiger partial charge in [-0.3, -0.25) is 0 Å². The summed E-state index contributed by atoms with van der Waals surface area (Å²) in [6.07, 6.45) is 0.854. The predicted molar refractivity (Wildman–Crippen MR) is 82.8 cm³/mol. The highest BCUT2D eigenvalue weighted by Crippen LogP contribution is 2.20. The molecule has 0 bridgehead atoms. The van der Waals surface area contributed by atoms with Crippen LogP contribution in [0.2, 0.25) is 0 Å². The summed E-state index contributed by atoms with van der Waals surface area (Å²) in [7, 11) is 1.62. The van der Waals surface area contributed by atoms with Crippen molar-refractivity contribution in [1.29, 1.82) is 0 Å². The van der Waals surface area contributed by atoms with Gasteiger partial charge >= 0.3 is 6.03 Å². The summed E-state index contributed by atoms with van der Waals surface area (Å²) in [6, 6.07) is 9.45. The van der Waals surface area contributed by atoms with E-state index < -0.39 is 0 Å². The number of rotatable bonds is 5. The largest absolute Gasteiger partial charge is 0.497 e. The summed E-state index contributed by atoms with van der Waals surface area (Å²) in [5, 5.41) is 7.73. The van der Waals surface area contributed by atoms with E-state index in [1.54, 1.807) is 18.4 Å². The van der Waals surface area contributed by atoms with Crippen molar-refractivity contribution in [1.82, 2.24) is 5.32 Å². The molecular weight excluding hydrogens is 272 g/mol. The second-order valence-corrected chi connectivity index (χ2v) is 5.42. The molecule has 1 heterocycles. The normalized spacial score (nSPS) is 10.1. The van der Waals surface area contributed by atoms with Gasteiger partial charge in [0, 0.05) is 17.1 Å². The van der Waals surface area contributed by atoms with E-state index in [1.807, 2.05) is 36.6 Å². The summed E-state index contributed by atoms with van der Waals surface area (Å²) >= 11 is 1.70. The molecule has 1 aromatic heterocycles. The Labute approximate surface area is 122 Å². The number of anilines is 1. The van der Waals surface area contributed by atoms with Crippen molar-refractivity contribution in [2.24, 2.45) is 0 Å². The van der Waals surface area contributed by atoms with Gasteiger partial charge in [-0.25, -0.2) is 4.79 Å². The van der Waals surface area contributed by atoms with Crippen LogP contribution in [-0.2, 0) is 6.42 Å². The third kappa shape index (κ3) is 3.99. The summed E-state index contributed by atoms with van der Waals surface area (Å²) < 4.78 is 5.13. The minimum absolute atomic E-state index is 0.185. The van der Waals surface area contributed by atoms with Gasteiger partial charge in [-0.15, -0.1) is 11.3 Å². The van der Waals surface area contributed by atoms with Crippen molar-refractivity contribution in [2.75, 3.05) is 19.0 Å². The number of ether oxygens (including phenoxy) is 1. The van der Waals surface area contributed by atoms with Crippen LogP contribution in [0.3, 0.4) is 0 Å². The highest BCUT2D eigenvalue weighted by molar-refractivity contribution is 7.09. The van der Waals surface area contributed by atoms with Crippen molar-refractivity contribution >= 4 is 23.1 Å². The molecule has 4 nitrogen and oxygen atoms in total. The number of thiophene rings is 1. The number of methoxy groups -OCH3 is 1. The van der Waals surface area contributed by atoms with Crippen LogP contribution >= 0.6 is 11.3 Å². The van der Waals surface area contributed by atoms with Crippen molar-refractivity contribution in [3.63, 3.8) is 0 Å². The Morgan fingerprint density at radius 2 is 2.20 bits per heavy atom. The van der Waals surface area contributed by atoms with Gasteiger partial charge in [0.2, 0.25) is 0 Å². The lowest BCUT2D eigenvalue weighted by Crippen LogP contribution is -2.30. The van der Waals surface area contributed by atoms with E-state index in [0.29, 0.717) is 6.54 Å². The van der Waals surface area contributed by atoms with Crippen molar-refractivity contribution in [3.05, 3.63) is 46.2 Å². The van der Waals surface area contributed by atoms with Gasteiger partial charge in [-0.1, -0.05) is 6.07 Å². The van der Waals surface area contributed by atoms with Gasteiger partial charge in [-0.2, -0.15) is 0 Å². The van der Waals surface area contributed by atoms with Crippen LogP contribution < -0.4 is 15.4 Å². The molecule has 5 heteroatoms. The van der Waals surface area contributed by atoms with Crippen LogP contribution in [0.5, 0.6) is 5.75 Å². The topological polar surface area (TPSA) is 50.4 Å². The van der Waals surface area contributed by atoms with Crippen molar-refractivity contribution in [2.45, 2.75) is 13.3 Å². The minimum atomic E-state index is -0.185. The van der Waals surface area contributed by atoms with Crippen LogP contribution in [-0.4, -0.2) is 19.7 Å². The number of amides is 2. The van der Waals surface area contributed by atoms with E-state index in [9.17, 15) is 4.79 Å². The van der Waals surface area contributed by atoms with Crippen molar-refractivity contribution < 1.29 is 9.53 Å². The van der Waals surface area contributed by atoms with Gasteiger partial charge in [0.15, 0.2) is 0 Å². The molecule has 106 valence electrons. The number of nitrogens with one attached hydrogen (secondary N) is 2. The fourth-order valence-corrected chi connectivity index (χ4v) is 2.53. The first kappa shape index (κ1) is 14.4. The van der Waals surface area contributed by atoms with Gasteiger partial charge in [0.1, 0.15) is 5.75 Å². The van der Waals surface area contributed by atoms with Crippen molar-refractivity contribution in [3.8, 4) is 5.75 Å². The van der Waals surface area contributed by atoms with Crippen LogP contribution in [0.1, 0.15) is 10.4 Å². The molecule has 0 radical (unpaired) electrons. The van der Waals surface area contributed by atoms with E-state index in [0.717, 1.165) is 23.4 Å². The second-order valence-electron chi connectivity index (χ2n) is 4.39. The summed E-state index contributed by atoms with van der Waals surface area (Å²) in [5.41, 5.74) is 1.76. The standard InChI is InChI=1S/C15H18N2O2S/c1-11-10-12(19-2)5-6-14(11)17-15(18)16-8-7-13-4-3-9-20-13/h3-6,9-10H,7-8H2,1-2H3,(H2,16,17,18). The lowest BCUT2D eigenvalue weighted by atomic mass is 10.2. The molecule has 2 rings (SSSR count). The molecule has 20 heavy (non-hydrogen) atoms. The Morgan fingerprint density at radius 1 is 1.35 bits per heavy atom. The maximum absolute atomic E-state index is 11.8. The second kappa shape index (κ2) is 6.96. The lowest BCUT2D eigenvalue weighted by Gasteiger charge is -2.10. The number of benzene rings is 1. The molecule has 2 N–H and O–H groups in total. The highest BCUT2D eigenvalue weighted by atomic mass is 32.1. The van der Waals surface area contributed by atoms with E-state index in [4.69, 9.17) is 4.74 Å². The maximum atomic E-state index is 11.8. The molecule has 0 saturated carbocycles. The van der Waals surface area contributed by atoms with Gasteiger partial charge in [0.25, 0.3) is 0 Å². The average molecular weight is 290 g/mol. The molecule has 2 amide bonds. The number of urea groups is 1. The third-order valence-electron chi connectivity index (χ3n) is 2.92. The van der Waals surface area contributed by atoms with Gasteiger partial charge in [-0.05, 0) is 48.6 Å². The maximum Gasteiger partial charge on any atom is 0.319 e. The van der Waals surface area contributed by atoms with E-state index in [-0.39, 0.29) is 6.03 Å². The zero-order valence-electron chi connectivity index (χ0n) is 11.6. The molecule has 0 atom stereocenters. The van der Waals surface area contributed by atoms with Crippen LogP contribution in [0.15, 0.2) is 35.7 Å². The number of hydrogen-bond acceptors (Lipinski definition) is 3. The molecule has 1 aromatic carbocycles. The molecule has 2 aromatic rings. The first-order valence-electron chi connectivity index (χ1n) is 6.41. The van der Waals surface area contributed by atoms with Gasteiger partial charge in [0.05, 0.1) is 7.11 Å². The number of hydrogen-bond donors (Lipinski definition) is 2. The molecule has 0 fully saturated rings. The molecule has 0 aliphatic carbocycles. The Morgan fingerprint density at radius 3 is 2.85 bits per heavy atom. The zero-order chi connectivity index (χ0) is 14.4. The fraction of sp³-hybridized carbons (Fsp3) is 0.267. The predicted octanol–water partition coefficient (Wildman–Crippen LogP) is 3.43. The third-order valence-corrected chi connectivity index (χ3v) is 3.86. The molecule has 0 aliphatic heterocycles. The Bertz CT molecular complexity index is 567. The number of aryl methyl sites for hydroxylation is 1. The highest BCUT2D eigenvalue weighted by Gasteiger charge is 2.05. The number of carbonyl (C=O) groups is 1.